The van der Waals surface area contributed by atoms with Gasteiger partial charge in [0.25, 0.3) is 0 Å². The summed E-state index contributed by atoms with van der Waals surface area (Å²) in [7, 11) is 0. The molecular formula is C18H23N5O. The van der Waals surface area contributed by atoms with Crippen molar-refractivity contribution >= 4 is 11.7 Å². The highest BCUT2D eigenvalue weighted by Gasteiger charge is 2.36. The Kier molecular flexibility index (Phi) is 3.96. The molecule has 2 aliphatic rings. The second kappa shape index (κ2) is 6.26. The van der Waals surface area contributed by atoms with E-state index in [0.29, 0.717) is 5.92 Å². The van der Waals surface area contributed by atoms with E-state index in [9.17, 15) is 4.79 Å². The Morgan fingerprint density at radius 2 is 2.25 bits per heavy atom. The SMILES string of the molecule is CCn1ncnc1[C@@H](NC(=O)Nc1cccc2c1CCC2)C1CC1. The van der Waals surface area contributed by atoms with Gasteiger partial charge in [0.05, 0.1) is 6.04 Å². The Balaban J connectivity index is 1.49. The lowest BCUT2D eigenvalue weighted by Gasteiger charge is -2.19. The summed E-state index contributed by atoms with van der Waals surface area (Å²) < 4.78 is 1.86. The van der Waals surface area contributed by atoms with Crippen molar-refractivity contribution in [3.8, 4) is 0 Å². The van der Waals surface area contributed by atoms with E-state index in [-0.39, 0.29) is 12.1 Å². The number of anilines is 1. The summed E-state index contributed by atoms with van der Waals surface area (Å²) >= 11 is 0. The first-order valence-corrected chi connectivity index (χ1v) is 8.82. The van der Waals surface area contributed by atoms with E-state index in [1.807, 2.05) is 23.7 Å². The van der Waals surface area contributed by atoms with Crippen LogP contribution in [0, 0.1) is 5.92 Å². The maximum atomic E-state index is 12.6. The van der Waals surface area contributed by atoms with Gasteiger partial charge in [-0.2, -0.15) is 5.10 Å². The highest BCUT2D eigenvalue weighted by atomic mass is 16.2. The summed E-state index contributed by atoms with van der Waals surface area (Å²) in [5.74, 6) is 1.32. The van der Waals surface area contributed by atoms with E-state index in [4.69, 9.17) is 0 Å². The highest BCUT2D eigenvalue weighted by Crippen LogP contribution is 2.40. The zero-order valence-corrected chi connectivity index (χ0v) is 14.0. The lowest BCUT2D eigenvalue weighted by Crippen LogP contribution is -2.35. The number of aromatic nitrogens is 3. The van der Waals surface area contributed by atoms with Gasteiger partial charge in [0.15, 0.2) is 0 Å². The summed E-state index contributed by atoms with van der Waals surface area (Å²) in [6.45, 7) is 2.80. The molecule has 0 aliphatic heterocycles. The number of rotatable bonds is 5. The van der Waals surface area contributed by atoms with Gasteiger partial charge in [-0.05, 0) is 62.1 Å². The first-order valence-electron chi connectivity index (χ1n) is 8.82. The number of nitrogens with one attached hydrogen (secondary N) is 2. The van der Waals surface area contributed by atoms with E-state index in [2.05, 4.69) is 26.8 Å². The molecule has 1 atom stereocenters. The molecular weight excluding hydrogens is 302 g/mol. The molecule has 0 spiro atoms. The van der Waals surface area contributed by atoms with Crippen LogP contribution in [0.1, 0.15) is 49.2 Å². The van der Waals surface area contributed by atoms with Crippen LogP contribution in [0.5, 0.6) is 0 Å². The number of aryl methyl sites for hydroxylation is 2. The summed E-state index contributed by atoms with van der Waals surface area (Å²) in [4.78, 5) is 16.9. The zero-order valence-electron chi connectivity index (χ0n) is 14.0. The molecule has 6 heteroatoms. The van der Waals surface area contributed by atoms with Crippen LogP contribution < -0.4 is 10.6 Å². The number of nitrogens with zero attached hydrogens (tertiary/aromatic N) is 3. The van der Waals surface area contributed by atoms with Gasteiger partial charge in [-0.15, -0.1) is 0 Å². The average molecular weight is 325 g/mol. The third-order valence-electron chi connectivity index (χ3n) is 5.00. The number of fused-ring (bicyclic) bond motifs is 1. The molecule has 0 radical (unpaired) electrons. The Bertz CT molecular complexity index is 750. The van der Waals surface area contributed by atoms with Crippen molar-refractivity contribution in [1.29, 1.82) is 0 Å². The maximum Gasteiger partial charge on any atom is 0.319 e. The molecule has 6 nitrogen and oxygen atoms in total. The van der Waals surface area contributed by atoms with Crippen molar-refractivity contribution in [1.82, 2.24) is 20.1 Å². The molecule has 1 saturated carbocycles. The molecule has 1 aromatic carbocycles. The lowest BCUT2D eigenvalue weighted by atomic mass is 10.1. The van der Waals surface area contributed by atoms with Crippen molar-refractivity contribution in [2.45, 2.75) is 51.6 Å². The summed E-state index contributed by atoms with van der Waals surface area (Å²) in [5, 5.41) is 10.4. The van der Waals surface area contributed by atoms with Gasteiger partial charge >= 0.3 is 6.03 Å². The van der Waals surface area contributed by atoms with Crippen LogP contribution in [-0.4, -0.2) is 20.8 Å². The van der Waals surface area contributed by atoms with Crippen LogP contribution in [0.3, 0.4) is 0 Å². The fraction of sp³-hybridized carbons (Fsp3) is 0.500. The van der Waals surface area contributed by atoms with E-state index < -0.39 is 0 Å². The van der Waals surface area contributed by atoms with Gasteiger partial charge in [0, 0.05) is 12.2 Å². The smallest absolute Gasteiger partial charge is 0.319 e. The maximum absolute atomic E-state index is 12.6. The minimum atomic E-state index is -0.155. The number of hydrogen-bond acceptors (Lipinski definition) is 3. The van der Waals surface area contributed by atoms with E-state index >= 15 is 0 Å². The summed E-state index contributed by atoms with van der Waals surface area (Å²) in [6.07, 6.45) is 7.14. The quantitative estimate of drug-likeness (QED) is 0.887. The van der Waals surface area contributed by atoms with E-state index in [1.54, 1.807) is 6.33 Å². The van der Waals surface area contributed by atoms with Crippen LogP contribution in [0.15, 0.2) is 24.5 Å². The Morgan fingerprint density at radius 1 is 1.38 bits per heavy atom. The number of amides is 2. The summed E-state index contributed by atoms with van der Waals surface area (Å²) in [5.41, 5.74) is 3.58. The molecule has 2 amide bonds. The second-order valence-corrected chi connectivity index (χ2v) is 6.64. The van der Waals surface area contributed by atoms with Gasteiger partial charge in [-0.25, -0.2) is 14.5 Å². The Hall–Kier alpha value is -2.37. The van der Waals surface area contributed by atoms with Gasteiger partial charge < -0.3 is 10.6 Å². The van der Waals surface area contributed by atoms with Crippen molar-refractivity contribution in [3.05, 3.63) is 41.5 Å². The predicted molar refractivity (Wildman–Crippen MR) is 91.8 cm³/mol. The fourth-order valence-electron chi connectivity index (χ4n) is 3.62. The molecule has 2 aliphatic carbocycles. The minimum absolute atomic E-state index is 0.0655. The molecule has 0 saturated heterocycles. The van der Waals surface area contributed by atoms with Gasteiger partial charge in [-0.1, -0.05) is 12.1 Å². The van der Waals surface area contributed by atoms with Crippen LogP contribution in [0.25, 0.3) is 0 Å². The predicted octanol–water partition coefficient (Wildman–Crippen LogP) is 3.06. The van der Waals surface area contributed by atoms with Gasteiger partial charge in [-0.3, -0.25) is 0 Å². The first-order chi connectivity index (χ1) is 11.8. The molecule has 126 valence electrons. The molecule has 24 heavy (non-hydrogen) atoms. The number of hydrogen-bond donors (Lipinski definition) is 2. The number of urea groups is 1. The van der Waals surface area contributed by atoms with Gasteiger partial charge in [0.1, 0.15) is 12.2 Å². The zero-order chi connectivity index (χ0) is 16.5. The number of benzene rings is 1. The van der Waals surface area contributed by atoms with Gasteiger partial charge in [0.2, 0.25) is 0 Å². The van der Waals surface area contributed by atoms with Crippen molar-refractivity contribution in [3.63, 3.8) is 0 Å². The van der Waals surface area contributed by atoms with Crippen LogP contribution in [-0.2, 0) is 19.4 Å². The van der Waals surface area contributed by atoms with Crippen LogP contribution >= 0.6 is 0 Å². The molecule has 1 fully saturated rings. The van der Waals surface area contributed by atoms with Crippen molar-refractivity contribution < 1.29 is 4.79 Å². The third kappa shape index (κ3) is 2.88. The topological polar surface area (TPSA) is 71.8 Å². The molecule has 1 heterocycles. The molecule has 0 unspecified atom stereocenters. The molecule has 4 rings (SSSR count). The van der Waals surface area contributed by atoms with Crippen LogP contribution in [0.4, 0.5) is 10.5 Å². The molecule has 2 N–H and O–H groups in total. The van der Waals surface area contributed by atoms with E-state index in [0.717, 1.165) is 43.7 Å². The summed E-state index contributed by atoms with van der Waals surface area (Å²) in [6, 6.07) is 5.94. The average Bonchev–Trinajstić information content (AvgIpc) is 3.11. The highest BCUT2D eigenvalue weighted by molar-refractivity contribution is 5.90. The normalized spacial score (nSPS) is 17.4. The fourth-order valence-corrected chi connectivity index (χ4v) is 3.62. The monoisotopic (exact) mass is 325 g/mol. The standard InChI is InChI=1S/C18H23N5O/c1-2-23-17(19-11-20-23)16(13-9-10-13)22-18(24)21-15-8-4-6-12-5-3-7-14(12)15/h4,6,8,11,13,16H,2-3,5,7,9-10H2,1H3,(H2,21,22,24)/t16-/m0/s1. The van der Waals surface area contributed by atoms with Crippen molar-refractivity contribution in [2.24, 2.45) is 5.92 Å². The second-order valence-electron chi connectivity index (χ2n) is 6.64. The molecule has 0 bridgehead atoms. The largest absolute Gasteiger partial charge is 0.328 e. The van der Waals surface area contributed by atoms with Crippen molar-refractivity contribution in [2.75, 3.05) is 5.32 Å². The number of carbonyl (C=O) groups is 1. The molecule has 1 aromatic heterocycles. The van der Waals surface area contributed by atoms with Crippen LogP contribution in [0.2, 0.25) is 0 Å². The number of carbonyl (C=O) groups excluding carboxylic acids is 1. The minimum Gasteiger partial charge on any atom is -0.328 e. The first kappa shape index (κ1) is 15.2. The third-order valence-corrected chi connectivity index (χ3v) is 5.00. The lowest BCUT2D eigenvalue weighted by molar-refractivity contribution is 0.246. The Morgan fingerprint density at radius 3 is 3.04 bits per heavy atom. The molecule has 2 aromatic rings. The Labute approximate surface area is 141 Å². The van der Waals surface area contributed by atoms with E-state index in [1.165, 1.54) is 17.5 Å².